The van der Waals surface area contributed by atoms with Crippen molar-refractivity contribution in [1.82, 2.24) is 5.32 Å². The maximum absolute atomic E-state index is 12.0. The Labute approximate surface area is 106 Å². The minimum atomic E-state index is -0.135. The molecule has 3 nitrogen and oxygen atoms in total. The highest BCUT2D eigenvalue weighted by atomic mass is 35.5. The largest absolute Gasteiger partial charge is 0.398 e. The summed E-state index contributed by atoms with van der Waals surface area (Å²) < 4.78 is 0. The third-order valence-corrected chi connectivity index (χ3v) is 3.83. The Morgan fingerprint density at radius 3 is 2.82 bits per heavy atom. The third kappa shape index (κ3) is 2.72. The van der Waals surface area contributed by atoms with Crippen molar-refractivity contribution < 1.29 is 4.79 Å². The molecule has 1 amide bonds. The predicted molar refractivity (Wildman–Crippen MR) is 70.2 cm³/mol. The highest BCUT2D eigenvalue weighted by molar-refractivity contribution is 6.31. The lowest BCUT2D eigenvalue weighted by Crippen LogP contribution is -2.30. The molecule has 0 aliphatic heterocycles. The Morgan fingerprint density at radius 2 is 2.24 bits per heavy atom. The second-order valence-electron chi connectivity index (χ2n) is 4.77. The van der Waals surface area contributed by atoms with Gasteiger partial charge in [-0.15, -0.1) is 0 Å². The van der Waals surface area contributed by atoms with Gasteiger partial charge in [0.25, 0.3) is 5.91 Å². The van der Waals surface area contributed by atoms with Crippen LogP contribution in [0.15, 0.2) is 18.2 Å². The third-order valence-electron chi connectivity index (χ3n) is 3.59. The van der Waals surface area contributed by atoms with E-state index in [9.17, 15) is 4.79 Å². The number of carbonyl (C=O) groups excluding carboxylic acids is 1. The first-order valence-corrected chi connectivity index (χ1v) is 6.27. The van der Waals surface area contributed by atoms with Crippen molar-refractivity contribution >= 4 is 23.2 Å². The van der Waals surface area contributed by atoms with E-state index < -0.39 is 0 Å². The molecule has 1 aromatic rings. The van der Waals surface area contributed by atoms with Gasteiger partial charge < -0.3 is 11.1 Å². The summed E-state index contributed by atoms with van der Waals surface area (Å²) in [5.74, 6) is -0.135. The molecule has 1 saturated carbocycles. The Balaban J connectivity index is 2.02. The summed E-state index contributed by atoms with van der Waals surface area (Å²) in [5.41, 5.74) is 7.02. The van der Waals surface area contributed by atoms with Crippen molar-refractivity contribution in [1.29, 1.82) is 0 Å². The van der Waals surface area contributed by atoms with E-state index in [2.05, 4.69) is 12.2 Å². The molecule has 17 heavy (non-hydrogen) atoms. The van der Waals surface area contributed by atoms with E-state index in [0.29, 0.717) is 21.7 Å². The number of anilines is 1. The Kier molecular flexibility index (Phi) is 3.29. The summed E-state index contributed by atoms with van der Waals surface area (Å²) in [7, 11) is 0. The van der Waals surface area contributed by atoms with Crippen molar-refractivity contribution in [3.63, 3.8) is 0 Å². The number of nitrogens with one attached hydrogen (secondary N) is 1. The van der Waals surface area contributed by atoms with Gasteiger partial charge in [0, 0.05) is 17.3 Å². The summed E-state index contributed by atoms with van der Waals surface area (Å²) in [6, 6.07) is 4.95. The number of benzene rings is 1. The van der Waals surface area contributed by atoms with Crippen LogP contribution in [0, 0.1) is 5.41 Å². The van der Waals surface area contributed by atoms with Crippen molar-refractivity contribution in [3.8, 4) is 0 Å². The number of carbonyl (C=O) groups is 1. The van der Waals surface area contributed by atoms with Crippen LogP contribution in [0.3, 0.4) is 0 Å². The summed E-state index contributed by atoms with van der Waals surface area (Å²) in [6.45, 7) is 2.89. The molecule has 3 N–H and O–H groups in total. The van der Waals surface area contributed by atoms with Gasteiger partial charge in [0.05, 0.1) is 5.56 Å². The number of rotatable bonds is 4. The number of nitrogens with two attached hydrogens (primary N) is 1. The smallest absolute Gasteiger partial charge is 0.253 e. The molecule has 92 valence electrons. The van der Waals surface area contributed by atoms with Crippen molar-refractivity contribution in [2.45, 2.75) is 26.2 Å². The van der Waals surface area contributed by atoms with Crippen LogP contribution in [0.1, 0.15) is 36.5 Å². The van der Waals surface area contributed by atoms with Crippen molar-refractivity contribution in [3.05, 3.63) is 28.8 Å². The summed E-state index contributed by atoms with van der Waals surface area (Å²) in [5, 5.41) is 3.47. The van der Waals surface area contributed by atoms with Gasteiger partial charge in [0.1, 0.15) is 0 Å². The summed E-state index contributed by atoms with van der Waals surface area (Å²) in [6.07, 6.45) is 3.52. The normalized spacial score (nSPS) is 16.6. The molecule has 1 aliphatic carbocycles. The van der Waals surface area contributed by atoms with Crippen molar-refractivity contribution in [2.75, 3.05) is 12.3 Å². The molecule has 1 aliphatic rings. The van der Waals surface area contributed by atoms with Gasteiger partial charge in [-0.2, -0.15) is 0 Å². The van der Waals surface area contributed by atoms with Gasteiger partial charge in [0.15, 0.2) is 0 Å². The average molecular weight is 253 g/mol. The van der Waals surface area contributed by atoms with E-state index in [4.69, 9.17) is 17.3 Å². The van der Waals surface area contributed by atoms with E-state index in [1.54, 1.807) is 18.2 Å². The minimum absolute atomic E-state index is 0.135. The Bertz CT molecular complexity index is 441. The Morgan fingerprint density at radius 1 is 1.53 bits per heavy atom. The quantitative estimate of drug-likeness (QED) is 0.810. The van der Waals surface area contributed by atoms with Crippen LogP contribution in [0.4, 0.5) is 5.69 Å². The molecule has 0 unspecified atom stereocenters. The van der Waals surface area contributed by atoms with Gasteiger partial charge in [-0.25, -0.2) is 0 Å². The SMILES string of the molecule is CCC1(CNC(=O)c2cc(Cl)ccc2N)CC1. The zero-order chi connectivity index (χ0) is 12.5. The lowest BCUT2D eigenvalue weighted by Gasteiger charge is -2.14. The fourth-order valence-corrected chi connectivity index (χ4v) is 2.09. The summed E-state index contributed by atoms with van der Waals surface area (Å²) >= 11 is 5.86. The molecule has 0 spiro atoms. The minimum Gasteiger partial charge on any atom is -0.398 e. The zero-order valence-corrected chi connectivity index (χ0v) is 10.7. The van der Waals surface area contributed by atoms with E-state index in [1.807, 2.05) is 0 Å². The highest BCUT2D eigenvalue weighted by Gasteiger charge is 2.40. The molecule has 2 rings (SSSR count). The van der Waals surface area contributed by atoms with E-state index >= 15 is 0 Å². The molecule has 4 heteroatoms. The van der Waals surface area contributed by atoms with Gasteiger partial charge in [0.2, 0.25) is 0 Å². The molecular weight excluding hydrogens is 236 g/mol. The molecule has 0 heterocycles. The number of halogens is 1. The van der Waals surface area contributed by atoms with Crippen LogP contribution in [0.5, 0.6) is 0 Å². The van der Waals surface area contributed by atoms with Crippen LogP contribution >= 0.6 is 11.6 Å². The molecule has 0 bridgehead atoms. The van der Waals surface area contributed by atoms with Gasteiger partial charge in [-0.3, -0.25) is 4.79 Å². The molecule has 1 aromatic carbocycles. The van der Waals surface area contributed by atoms with E-state index in [1.165, 1.54) is 12.8 Å². The monoisotopic (exact) mass is 252 g/mol. The molecule has 0 aromatic heterocycles. The number of nitrogen functional groups attached to an aromatic ring is 1. The number of hydrogen-bond donors (Lipinski definition) is 2. The van der Waals surface area contributed by atoms with Gasteiger partial charge >= 0.3 is 0 Å². The first-order chi connectivity index (χ1) is 8.06. The maximum atomic E-state index is 12.0. The second-order valence-corrected chi connectivity index (χ2v) is 5.20. The Hall–Kier alpha value is -1.22. The fourth-order valence-electron chi connectivity index (χ4n) is 1.92. The van der Waals surface area contributed by atoms with Crippen LogP contribution in [0.25, 0.3) is 0 Å². The first-order valence-electron chi connectivity index (χ1n) is 5.89. The highest BCUT2D eigenvalue weighted by Crippen LogP contribution is 2.47. The maximum Gasteiger partial charge on any atom is 0.253 e. The molecular formula is C13H17ClN2O. The average Bonchev–Trinajstić information content (AvgIpc) is 3.10. The topological polar surface area (TPSA) is 55.1 Å². The second kappa shape index (κ2) is 4.57. The van der Waals surface area contributed by atoms with Crippen LogP contribution in [-0.4, -0.2) is 12.5 Å². The standard InChI is InChI=1S/C13H17ClN2O/c1-2-13(5-6-13)8-16-12(17)10-7-9(14)3-4-11(10)15/h3-4,7H,2,5-6,8,15H2,1H3,(H,16,17). The van der Waals surface area contributed by atoms with Crippen LogP contribution in [-0.2, 0) is 0 Å². The lowest BCUT2D eigenvalue weighted by molar-refractivity contribution is 0.0945. The zero-order valence-electron chi connectivity index (χ0n) is 9.92. The van der Waals surface area contributed by atoms with Crippen molar-refractivity contribution in [2.24, 2.45) is 5.41 Å². The van der Waals surface area contributed by atoms with E-state index in [0.717, 1.165) is 13.0 Å². The predicted octanol–water partition coefficient (Wildman–Crippen LogP) is 2.84. The van der Waals surface area contributed by atoms with Gasteiger partial charge in [-0.1, -0.05) is 18.5 Å². The first kappa shape index (κ1) is 12.2. The number of hydrogen-bond acceptors (Lipinski definition) is 2. The molecule has 0 radical (unpaired) electrons. The molecule has 1 fully saturated rings. The number of amides is 1. The van der Waals surface area contributed by atoms with E-state index in [-0.39, 0.29) is 5.91 Å². The summed E-state index contributed by atoms with van der Waals surface area (Å²) in [4.78, 5) is 12.0. The van der Waals surface area contributed by atoms with Crippen LogP contribution in [0.2, 0.25) is 5.02 Å². The van der Waals surface area contributed by atoms with Crippen LogP contribution < -0.4 is 11.1 Å². The molecule has 0 atom stereocenters. The fraction of sp³-hybridized carbons (Fsp3) is 0.462. The lowest BCUT2D eigenvalue weighted by atomic mass is 10.0. The molecule has 0 saturated heterocycles. The van der Waals surface area contributed by atoms with Gasteiger partial charge in [-0.05, 0) is 42.9 Å².